The van der Waals surface area contributed by atoms with Gasteiger partial charge in [0.2, 0.25) is 5.91 Å². The first-order valence-corrected chi connectivity index (χ1v) is 8.27. The highest BCUT2D eigenvalue weighted by Gasteiger charge is 2.35. The highest BCUT2D eigenvalue weighted by Crippen LogP contribution is 2.22. The number of nitrogens with zero attached hydrogens (tertiary/aromatic N) is 1. The van der Waals surface area contributed by atoms with Crippen molar-refractivity contribution in [1.29, 1.82) is 0 Å². The molecule has 0 spiro atoms. The van der Waals surface area contributed by atoms with Crippen molar-refractivity contribution in [2.24, 2.45) is 0 Å². The molecule has 116 valence electrons. The van der Waals surface area contributed by atoms with Gasteiger partial charge in [0.05, 0.1) is 4.88 Å². The molecule has 1 aromatic rings. The van der Waals surface area contributed by atoms with E-state index < -0.39 is 0 Å². The van der Waals surface area contributed by atoms with E-state index in [1.54, 1.807) is 11.0 Å². The molecule has 1 fully saturated rings. The molecule has 0 bridgehead atoms. The SMILES string of the molecule is CC(CCCO)NC(=O)[C@@H]1CCCN1C(=O)c1cccs1. The molecule has 2 rings (SSSR count). The van der Waals surface area contributed by atoms with Crippen molar-refractivity contribution >= 4 is 23.2 Å². The summed E-state index contributed by atoms with van der Waals surface area (Å²) in [7, 11) is 0. The van der Waals surface area contributed by atoms with Gasteiger partial charge in [0.25, 0.3) is 5.91 Å². The van der Waals surface area contributed by atoms with Crippen LogP contribution in [0.25, 0.3) is 0 Å². The summed E-state index contributed by atoms with van der Waals surface area (Å²) in [5.74, 6) is -0.131. The van der Waals surface area contributed by atoms with Crippen molar-refractivity contribution in [3.05, 3.63) is 22.4 Å². The molecular formula is C15H22N2O3S. The fourth-order valence-electron chi connectivity index (χ4n) is 2.63. The van der Waals surface area contributed by atoms with Crippen LogP contribution in [0.3, 0.4) is 0 Å². The minimum atomic E-state index is -0.365. The van der Waals surface area contributed by atoms with Crippen molar-refractivity contribution in [3.63, 3.8) is 0 Å². The molecule has 0 aromatic carbocycles. The number of hydrogen-bond donors (Lipinski definition) is 2. The molecule has 0 saturated carbocycles. The van der Waals surface area contributed by atoms with Crippen LogP contribution in [0.5, 0.6) is 0 Å². The average Bonchev–Trinajstić information content (AvgIpc) is 3.14. The van der Waals surface area contributed by atoms with Crippen molar-refractivity contribution < 1.29 is 14.7 Å². The monoisotopic (exact) mass is 310 g/mol. The number of rotatable bonds is 6. The Labute approximate surface area is 129 Å². The normalized spacial score (nSPS) is 19.5. The van der Waals surface area contributed by atoms with Crippen LogP contribution in [-0.4, -0.2) is 47.1 Å². The summed E-state index contributed by atoms with van der Waals surface area (Å²) in [4.78, 5) is 27.1. The van der Waals surface area contributed by atoms with Gasteiger partial charge in [-0.15, -0.1) is 11.3 Å². The molecule has 2 amide bonds. The molecule has 1 aromatic heterocycles. The van der Waals surface area contributed by atoms with Gasteiger partial charge in [-0.2, -0.15) is 0 Å². The van der Waals surface area contributed by atoms with Crippen LogP contribution in [-0.2, 0) is 4.79 Å². The minimum Gasteiger partial charge on any atom is -0.396 e. The number of nitrogens with one attached hydrogen (secondary N) is 1. The topological polar surface area (TPSA) is 69.6 Å². The number of aliphatic hydroxyl groups is 1. The van der Waals surface area contributed by atoms with Crippen LogP contribution in [0.4, 0.5) is 0 Å². The minimum absolute atomic E-state index is 0.0175. The Balaban J connectivity index is 1.95. The third kappa shape index (κ3) is 4.04. The summed E-state index contributed by atoms with van der Waals surface area (Å²) in [6.07, 6.45) is 2.99. The molecule has 1 aliphatic heterocycles. The molecule has 1 unspecified atom stereocenters. The second kappa shape index (κ2) is 7.56. The smallest absolute Gasteiger partial charge is 0.264 e. The summed E-state index contributed by atoms with van der Waals surface area (Å²) in [6, 6.07) is 3.30. The first kappa shape index (κ1) is 16.0. The summed E-state index contributed by atoms with van der Waals surface area (Å²) in [5.41, 5.74) is 0. The fraction of sp³-hybridized carbons (Fsp3) is 0.600. The van der Waals surface area contributed by atoms with Crippen molar-refractivity contribution in [2.75, 3.05) is 13.2 Å². The number of carbonyl (C=O) groups is 2. The zero-order valence-electron chi connectivity index (χ0n) is 12.2. The van der Waals surface area contributed by atoms with Crippen LogP contribution < -0.4 is 5.32 Å². The third-order valence-electron chi connectivity index (χ3n) is 3.73. The maximum Gasteiger partial charge on any atom is 0.264 e. The first-order chi connectivity index (χ1) is 10.1. The quantitative estimate of drug-likeness (QED) is 0.839. The zero-order chi connectivity index (χ0) is 15.2. The maximum absolute atomic E-state index is 12.4. The second-order valence-electron chi connectivity index (χ2n) is 5.41. The largest absolute Gasteiger partial charge is 0.396 e. The number of hydrogen-bond acceptors (Lipinski definition) is 4. The van der Waals surface area contributed by atoms with E-state index in [0.29, 0.717) is 17.8 Å². The number of likely N-dealkylation sites (tertiary alicyclic amines) is 1. The van der Waals surface area contributed by atoms with Gasteiger partial charge in [-0.25, -0.2) is 0 Å². The van der Waals surface area contributed by atoms with E-state index in [1.807, 2.05) is 18.4 Å². The van der Waals surface area contributed by atoms with Gasteiger partial charge in [0.1, 0.15) is 6.04 Å². The average molecular weight is 310 g/mol. The van der Waals surface area contributed by atoms with Crippen molar-refractivity contribution in [2.45, 2.75) is 44.7 Å². The molecule has 0 aliphatic carbocycles. The van der Waals surface area contributed by atoms with Crippen molar-refractivity contribution in [3.8, 4) is 0 Å². The van der Waals surface area contributed by atoms with E-state index in [2.05, 4.69) is 5.32 Å². The van der Waals surface area contributed by atoms with E-state index in [4.69, 9.17) is 5.11 Å². The van der Waals surface area contributed by atoms with Gasteiger partial charge < -0.3 is 15.3 Å². The molecule has 2 heterocycles. The van der Waals surface area contributed by atoms with E-state index in [1.165, 1.54) is 11.3 Å². The Morgan fingerprint density at radius 2 is 2.38 bits per heavy atom. The molecule has 2 atom stereocenters. The van der Waals surface area contributed by atoms with E-state index in [-0.39, 0.29) is 30.5 Å². The molecule has 1 saturated heterocycles. The van der Waals surface area contributed by atoms with Crippen molar-refractivity contribution in [1.82, 2.24) is 10.2 Å². The van der Waals surface area contributed by atoms with Crippen LogP contribution in [0.15, 0.2) is 17.5 Å². The summed E-state index contributed by atoms with van der Waals surface area (Å²) in [5, 5.41) is 13.6. The highest BCUT2D eigenvalue weighted by atomic mass is 32.1. The molecule has 1 aliphatic rings. The fourth-order valence-corrected chi connectivity index (χ4v) is 3.31. The van der Waals surface area contributed by atoms with Gasteiger partial charge in [0.15, 0.2) is 0 Å². The molecule has 6 heteroatoms. The molecule has 2 N–H and O–H groups in total. The standard InChI is InChI=1S/C15H22N2O3S/c1-11(5-3-9-18)16-14(19)12-6-2-8-17(12)15(20)13-7-4-10-21-13/h4,7,10-12,18H,2-3,5-6,8-9H2,1H3,(H,16,19)/t11?,12-/m0/s1. The molecule has 5 nitrogen and oxygen atoms in total. The molecule has 0 radical (unpaired) electrons. The van der Waals surface area contributed by atoms with Gasteiger partial charge in [-0.05, 0) is 44.1 Å². The Kier molecular flexibility index (Phi) is 5.76. The van der Waals surface area contributed by atoms with E-state index >= 15 is 0 Å². The molecule has 21 heavy (non-hydrogen) atoms. The highest BCUT2D eigenvalue weighted by molar-refractivity contribution is 7.12. The lowest BCUT2D eigenvalue weighted by Crippen LogP contribution is -2.48. The Morgan fingerprint density at radius 1 is 1.57 bits per heavy atom. The number of aliphatic hydroxyl groups excluding tert-OH is 1. The first-order valence-electron chi connectivity index (χ1n) is 7.39. The lowest BCUT2D eigenvalue weighted by atomic mass is 10.1. The van der Waals surface area contributed by atoms with Gasteiger partial charge >= 0.3 is 0 Å². The van der Waals surface area contributed by atoms with Crippen LogP contribution in [0.2, 0.25) is 0 Å². The second-order valence-corrected chi connectivity index (χ2v) is 6.36. The third-order valence-corrected chi connectivity index (χ3v) is 4.59. The predicted molar refractivity (Wildman–Crippen MR) is 82.3 cm³/mol. The van der Waals surface area contributed by atoms with E-state index in [0.717, 1.165) is 19.3 Å². The summed E-state index contributed by atoms with van der Waals surface area (Å²) in [6.45, 7) is 2.69. The van der Waals surface area contributed by atoms with Crippen LogP contribution >= 0.6 is 11.3 Å². The Bertz CT molecular complexity index is 475. The lowest BCUT2D eigenvalue weighted by Gasteiger charge is -2.25. The lowest BCUT2D eigenvalue weighted by molar-refractivity contribution is -0.125. The van der Waals surface area contributed by atoms with Gasteiger partial charge in [0, 0.05) is 19.2 Å². The van der Waals surface area contributed by atoms with Crippen LogP contribution in [0.1, 0.15) is 42.3 Å². The van der Waals surface area contributed by atoms with E-state index in [9.17, 15) is 9.59 Å². The van der Waals surface area contributed by atoms with Gasteiger partial charge in [-0.1, -0.05) is 6.07 Å². The zero-order valence-corrected chi connectivity index (χ0v) is 13.1. The number of carbonyl (C=O) groups excluding carboxylic acids is 2. The number of amides is 2. The Hall–Kier alpha value is -1.40. The summed E-state index contributed by atoms with van der Waals surface area (Å²) < 4.78 is 0. The molecular weight excluding hydrogens is 288 g/mol. The predicted octanol–water partition coefficient (Wildman–Crippen LogP) is 1.63. The summed E-state index contributed by atoms with van der Waals surface area (Å²) >= 11 is 1.41. The number of thiophene rings is 1. The maximum atomic E-state index is 12.4. The Morgan fingerprint density at radius 3 is 3.05 bits per heavy atom. The van der Waals surface area contributed by atoms with Crippen LogP contribution in [0, 0.1) is 0 Å². The van der Waals surface area contributed by atoms with Gasteiger partial charge in [-0.3, -0.25) is 9.59 Å².